The lowest BCUT2D eigenvalue weighted by atomic mass is 9.87. The van der Waals surface area contributed by atoms with Crippen molar-refractivity contribution in [3.63, 3.8) is 0 Å². The van der Waals surface area contributed by atoms with Gasteiger partial charge in [-0.1, -0.05) is 49.4 Å². The quantitative estimate of drug-likeness (QED) is 0.141. The number of terminal acetylenes is 4. The summed E-state index contributed by atoms with van der Waals surface area (Å²) < 4.78 is 26.9. The Bertz CT molecular complexity index is 3550. The largest absolute Gasteiger partial charge is 0.489 e. The lowest BCUT2D eigenvalue weighted by Gasteiger charge is -2.28. The van der Waals surface area contributed by atoms with Crippen LogP contribution in [0, 0.1) is 73.0 Å². The van der Waals surface area contributed by atoms with Gasteiger partial charge in [-0.15, -0.1) is 25.7 Å². The summed E-state index contributed by atoms with van der Waals surface area (Å²) >= 11 is 0. The van der Waals surface area contributed by atoms with Gasteiger partial charge in [0.15, 0.2) is 23.3 Å². The van der Waals surface area contributed by atoms with Crippen LogP contribution in [0.3, 0.4) is 0 Å². The number of fused-ring (bicyclic) bond motifs is 20. The highest BCUT2D eigenvalue weighted by Crippen LogP contribution is 2.42. The highest BCUT2D eigenvalue weighted by Gasteiger charge is 2.31. The summed E-state index contributed by atoms with van der Waals surface area (Å²) in [6.07, 6.45) is 39.7. The smallest absolute Gasteiger partial charge is 0.164 e. The molecule has 4 saturated carbocycles. The Morgan fingerprint density at radius 3 is 0.961 bits per heavy atom. The van der Waals surface area contributed by atoms with E-state index in [1.165, 1.54) is 0 Å². The second-order valence-electron chi connectivity index (χ2n) is 21.3. The molecule has 0 spiro atoms. The number of nitrogens with zero attached hydrogens (tertiary/aromatic N) is 6. The molecule has 378 valence electrons. The topological polar surface area (TPSA) is 146 Å². The van der Waals surface area contributed by atoms with Gasteiger partial charge in [0.2, 0.25) is 0 Å². The van der Waals surface area contributed by atoms with Crippen molar-refractivity contribution >= 4 is 44.1 Å². The number of benzene rings is 4. The zero-order valence-electron chi connectivity index (χ0n) is 42.5. The molecule has 12 heteroatoms. The molecule has 0 amide bonds. The Kier molecular flexibility index (Phi) is 12.5. The van der Waals surface area contributed by atoms with Crippen LogP contribution in [0.5, 0.6) is 23.0 Å². The van der Waals surface area contributed by atoms with Gasteiger partial charge in [0.05, 0.1) is 23.7 Å². The minimum absolute atomic E-state index is 0.0327. The molecule has 8 atom stereocenters. The monoisotopic (exact) mass is 1000 g/mol. The Morgan fingerprint density at radius 2 is 0.618 bits per heavy atom. The Balaban J connectivity index is 1.04. The highest BCUT2D eigenvalue weighted by molar-refractivity contribution is 6.07. The minimum atomic E-state index is -0.0953. The van der Waals surface area contributed by atoms with Crippen LogP contribution in [-0.2, 0) is 0 Å². The molecule has 4 aliphatic carbocycles. The van der Waals surface area contributed by atoms with E-state index in [1.54, 1.807) is 0 Å². The normalized spacial score (nSPS) is 23.9. The molecule has 5 heterocycles. The van der Waals surface area contributed by atoms with E-state index in [2.05, 4.69) is 33.6 Å². The number of hydrogen-bond acceptors (Lipinski definition) is 10. The maximum Gasteiger partial charge on any atom is 0.164 e. The van der Waals surface area contributed by atoms with Crippen molar-refractivity contribution in [1.29, 1.82) is 0 Å². The summed E-state index contributed by atoms with van der Waals surface area (Å²) in [5, 5.41) is 3.22. The first-order valence-electron chi connectivity index (χ1n) is 27.3. The number of ether oxygens (including phenoxy) is 4. The highest BCUT2D eigenvalue weighted by atomic mass is 16.5. The molecule has 0 saturated heterocycles. The van der Waals surface area contributed by atoms with Gasteiger partial charge in [0.25, 0.3) is 0 Å². The van der Waals surface area contributed by atoms with Crippen LogP contribution in [-0.4, -0.2) is 64.3 Å². The SMILES string of the molecule is C#CC1CCCCC1Oc1ccc2c(c1)-c1nc-2nc2[nH]c(nc3nc(nc4[nH]c(n1)c1ccc(OC5CCCCC5C#C)cc41)-c1ccc(OC4CCCCC4C#C)cc1-3)c1ccc(OC3CCCCC3C#C)cc21. The van der Waals surface area contributed by atoms with Crippen molar-refractivity contribution in [3.05, 3.63) is 72.8 Å². The zero-order valence-corrected chi connectivity index (χ0v) is 42.5. The average molecular weight is 1000 g/mol. The molecule has 3 aromatic heterocycles. The third-order valence-corrected chi connectivity index (χ3v) is 16.5. The van der Waals surface area contributed by atoms with Crippen molar-refractivity contribution in [3.8, 4) is 118 Å². The van der Waals surface area contributed by atoms with Gasteiger partial charge in [-0.25, -0.2) is 29.9 Å². The van der Waals surface area contributed by atoms with Crippen molar-refractivity contribution in [2.75, 3.05) is 0 Å². The predicted octanol–water partition coefficient (Wildman–Crippen LogP) is 13.2. The second kappa shape index (κ2) is 20.1. The first-order chi connectivity index (χ1) is 37.4. The first kappa shape index (κ1) is 47.4. The zero-order chi connectivity index (χ0) is 51.3. The molecule has 4 aromatic carbocycles. The number of hydrogen-bond donors (Lipinski definition) is 2. The molecule has 6 aliphatic rings. The molecule has 0 radical (unpaired) electrons. The molecule has 7 aromatic rings. The second-order valence-corrected chi connectivity index (χ2v) is 21.3. The lowest BCUT2D eigenvalue weighted by molar-refractivity contribution is 0.121. The van der Waals surface area contributed by atoms with E-state index >= 15 is 0 Å². The van der Waals surface area contributed by atoms with Gasteiger partial charge in [-0.2, -0.15) is 0 Å². The van der Waals surface area contributed by atoms with E-state index in [9.17, 15) is 0 Å². The summed E-state index contributed by atoms with van der Waals surface area (Å²) in [5.74, 6) is 16.7. The summed E-state index contributed by atoms with van der Waals surface area (Å²) in [6.45, 7) is 0. The van der Waals surface area contributed by atoms with Gasteiger partial charge in [0, 0.05) is 43.8 Å². The van der Waals surface area contributed by atoms with E-state index in [0.717, 1.165) is 147 Å². The molecule has 12 nitrogen and oxygen atoms in total. The van der Waals surface area contributed by atoms with Gasteiger partial charge >= 0.3 is 0 Å². The minimum Gasteiger partial charge on any atom is -0.489 e. The molecule has 2 aliphatic heterocycles. The fourth-order valence-electron chi connectivity index (χ4n) is 12.4. The molecule has 8 bridgehead atoms. The number of aromatic nitrogens is 8. The maximum atomic E-state index is 6.72. The Morgan fingerprint density at radius 1 is 0.329 bits per heavy atom. The van der Waals surface area contributed by atoms with E-state index in [4.69, 9.17) is 74.5 Å². The standard InChI is InChI=1S/C64H58N8O4/c1-5-37-17-9-13-21-53(37)73-41-25-29-45-49(33-41)61-65-57(45)70-62-51-35-43(75-55-23-15-11-19-39(55)7-3)27-31-47(51)59(67-62)72-64-52-36-44(76-56-24-16-12-20-40(56)8-4)28-32-48(52)60(68-64)71-63-50-34-42(26-30-46(50)58(66-63)69-61)74-54-22-14-10-18-38(54)6-2/h1-4,25-40,53-56H,9-24H2,(H2,65,66,67,68,69,70,71,72). The number of nitrogens with one attached hydrogen (secondary N) is 2. The van der Waals surface area contributed by atoms with Crippen LogP contribution in [0.15, 0.2) is 72.8 Å². The molecule has 76 heavy (non-hydrogen) atoms. The van der Waals surface area contributed by atoms with Crippen molar-refractivity contribution in [2.45, 2.75) is 127 Å². The fourth-order valence-corrected chi connectivity index (χ4v) is 12.4. The molecule has 2 N–H and O–H groups in total. The van der Waals surface area contributed by atoms with Gasteiger partial charge in [-0.05, 0) is 150 Å². The van der Waals surface area contributed by atoms with Gasteiger partial charge in [0.1, 0.15) is 70.0 Å². The molecular weight excluding hydrogens is 945 g/mol. The summed E-state index contributed by atoms with van der Waals surface area (Å²) in [5.41, 5.74) is 5.30. The van der Waals surface area contributed by atoms with Crippen molar-refractivity contribution in [2.24, 2.45) is 23.7 Å². The Hall–Kier alpha value is -8.32. The van der Waals surface area contributed by atoms with Gasteiger partial charge < -0.3 is 28.9 Å². The van der Waals surface area contributed by atoms with Crippen LogP contribution in [0.25, 0.3) is 89.7 Å². The fraction of sp³-hybridized carbons (Fsp3) is 0.375. The van der Waals surface area contributed by atoms with E-state index < -0.39 is 0 Å². The average Bonchev–Trinajstić information content (AvgIpc) is 4.19. The van der Waals surface area contributed by atoms with Gasteiger partial charge in [-0.3, -0.25) is 0 Å². The van der Waals surface area contributed by atoms with Crippen LogP contribution in [0.1, 0.15) is 103 Å². The number of H-pyrrole nitrogens is 2. The molecule has 13 rings (SSSR count). The molecule has 8 unspecified atom stereocenters. The van der Waals surface area contributed by atoms with E-state index in [1.807, 2.05) is 72.8 Å². The molecule has 4 fully saturated rings. The van der Waals surface area contributed by atoms with Crippen LogP contribution < -0.4 is 18.9 Å². The van der Waals surface area contributed by atoms with E-state index in [0.29, 0.717) is 68.9 Å². The third-order valence-electron chi connectivity index (χ3n) is 16.5. The summed E-state index contributed by atoms with van der Waals surface area (Å²) in [7, 11) is 0. The lowest BCUT2D eigenvalue weighted by Crippen LogP contribution is -2.29. The van der Waals surface area contributed by atoms with E-state index in [-0.39, 0.29) is 48.1 Å². The summed E-state index contributed by atoms with van der Waals surface area (Å²) in [4.78, 5) is 39.1. The number of rotatable bonds is 8. The number of aromatic amines is 2. The van der Waals surface area contributed by atoms with Crippen LogP contribution in [0.2, 0.25) is 0 Å². The van der Waals surface area contributed by atoms with Crippen molar-refractivity contribution < 1.29 is 18.9 Å². The van der Waals surface area contributed by atoms with Crippen LogP contribution in [0.4, 0.5) is 0 Å². The summed E-state index contributed by atoms with van der Waals surface area (Å²) in [6, 6.07) is 24.1. The first-order valence-corrected chi connectivity index (χ1v) is 27.3. The molecular formula is C64H58N8O4. The third kappa shape index (κ3) is 8.90. The predicted molar refractivity (Wildman–Crippen MR) is 297 cm³/mol. The Labute approximate surface area is 442 Å². The maximum absolute atomic E-state index is 6.72. The van der Waals surface area contributed by atoms with Crippen molar-refractivity contribution in [1.82, 2.24) is 39.9 Å². The van der Waals surface area contributed by atoms with Crippen LogP contribution >= 0.6 is 0 Å².